The van der Waals surface area contributed by atoms with Crippen LogP contribution in [-0.2, 0) is 4.79 Å². The minimum atomic E-state index is -4.89. The Hall–Kier alpha value is -1.37. The van der Waals surface area contributed by atoms with Gasteiger partial charge in [-0.2, -0.15) is 13.2 Å². The van der Waals surface area contributed by atoms with Crippen LogP contribution >= 0.6 is 12.6 Å². The molecule has 0 bridgehead atoms. The van der Waals surface area contributed by atoms with Crippen LogP contribution in [0, 0.1) is 0 Å². The molecule has 0 aliphatic heterocycles. The molecular weight excluding hydrogens is 229 g/mol. The molecule has 0 atom stereocenters. The van der Waals surface area contributed by atoms with Gasteiger partial charge in [-0.05, 0) is 24.3 Å². The van der Waals surface area contributed by atoms with Crippen LogP contribution in [0.5, 0.6) is 0 Å². The van der Waals surface area contributed by atoms with E-state index in [0.29, 0.717) is 10.6 Å². The molecule has 15 heavy (non-hydrogen) atoms. The number of alkyl halides is 3. The number of amides is 1. The molecule has 0 heterocycles. The standard InChI is InChI=1S/C8H7F3N2OS/c9-8(10,11)7(14)13-12-5-1-3-6(15)4-2-5/h1-4,12,15H,(H,13,14). The molecule has 0 fully saturated rings. The first-order valence-corrected chi connectivity index (χ1v) is 4.26. The van der Waals surface area contributed by atoms with Crippen LogP contribution in [0.15, 0.2) is 29.2 Å². The summed E-state index contributed by atoms with van der Waals surface area (Å²) in [6, 6.07) is 6.12. The van der Waals surface area contributed by atoms with Gasteiger partial charge in [0.05, 0.1) is 5.69 Å². The number of carbonyl (C=O) groups excluding carboxylic acids is 1. The maximum Gasteiger partial charge on any atom is 0.472 e. The van der Waals surface area contributed by atoms with Crippen molar-refractivity contribution in [2.24, 2.45) is 0 Å². The van der Waals surface area contributed by atoms with Crippen molar-refractivity contribution in [3.05, 3.63) is 24.3 Å². The lowest BCUT2D eigenvalue weighted by Crippen LogP contribution is -2.40. The summed E-state index contributed by atoms with van der Waals surface area (Å²) < 4.78 is 35.3. The number of carbonyl (C=O) groups is 1. The molecule has 1 amide bonds. The molecule has 3 nitrogen and oxygen atoms in total. The van der Waals surface area contributed by atoms with E-state index in [1.165, 1.54) is 17.6 Å². The number of hydrazine groups is 1. The van der Waals surface area contributed by atoms with E-state index in [4.69, 9.17) is 0 Å². The third kappa shape index (κ3) is 3.70. The third-order valence-corrected chi connectivity index (χ3v) is 1.74. The highest BCUT2D eigenvalue weighted by Crippen LogP contribution is 2.15. The van der Waals surface area contributed by atoms with Crippen molar-refractivity contribution in [3.8, 4) is 0 Å². The van der Waals surface area contributed by atoms with Gasteiger partial charge in [-0.3, -0.25) is 15.6 Å². The fourth-order valence-corrected chi connectivity index (χ4v) is 0.894. The van der Waals surface area contributed by atoms with Crippen LogP contribution in [0.2, 0.25) is 0 Å². The van der Waals surface area contributed by atoms with Crippen molar-refractivity contribution >= 4 is 24.2 Å². The normalized spacial score (nSPS) is 10.9. The molecule has 1 aromatic carbocycles. The molecule has 0 radical (unpaired) electrons. The van der Waals surface area contributed by atoms with Gasteiger partial charge in [0.1, 0.15) is 0 Å². The van der Waals surface area contributed by atoms with Gasteiger partial charge in [-0.1, -0.05) is 0 Å². The maximum absolute atomic E-state index is 11.8. The Kier molecular flexibility index (Phi) is 3.46. The quantitative estimate of drug-likeness (QED) is 0.543. The predicted molar refractivity (Wildman–Crippen MR) is 51.5 cm³/mol. The van der Waals surface area contributed by atoms with E-state index in [9.17, 15) is 18.0 Å². The molecule has 0 aromatic heterocycles. The summed E-state index contributed by atoms with van der Waals surface area (Å²) >= 11 is 3.99. The van der Waals surface area contributed by atoms with E-state index in [-0.39, 0.29) is 0 Å². The first kappa shape index (κ1) is 11.7. The predicted octanol–water partition coefficient (Wildman–Crippen LogP) is 1.98. The summed E-state index contributed by atoms with van der Waals surface area (Å²) in [5.41, 5.74) is 3.98. The van der Waals surface area contributed by atoms with Crippen LogP contribution in [0.25, 0.3) is 0 Å². The fourth-order valence-electron chi connectivity index (χ4n) is 0.745. The van der Waals surface area contributed by atoms with Gasteiger partial charge in [0, 0.05) is 4.90 Å². The van der Waals surface area contributed by atoms with Gasteiger partial charge in [0.25, 0.3) is 0 Å². The average molecular weight is 236 g/mol. The molecule has 2 N–H and O–H groups in total. The van der Waals surface area contributed by atoms with E-state index >= 15 is 0 Å². The lowest BCUT2D eigenvalue weighted by atomic mass is 10.3. The molecule has 0 aliphatic carbocycles. The minimum Gasteiger partial charge on any atom is -0.298 e. The van der Waals surface area contributed by atoms with E-state index in [1.807, 2.05) is 0 Å². The van der Waals surface area contributed by atoms with Gasteiger partial charge >= 0.3 is 12.1 Å². The highest BCUT2D eigenvalue weighted by molar-refractivity contribution is 7.80. The second kappa shape index (κ2) is 4.43. The Morgan fingerprint density at radius 1 is 1.20 bits per heavy atom. The first-order valence-electron chi connectivity index (χ1n) is 3.82. The Labute approximate surface area is 89.0 Å². The van der Waals surface area contributed by atoms with E-state index in [0.717, 1.165) is 0 Å². The summed E-state index contributed by atoms with van der Waals surface area (Å²) in [6.45, 7) is 0. The SMILES string of the molecule is O=C(NNc1ccc(S)cc1)C(F)(F)F. The number of halogens is 3. The van der Waals surface area contributed by atoms with Gasteiger partial charge in [0.2, 0.25) is 0 Å². The van der Waals surface area contributed by atoms with Crippen molar-refractivity contribution in [1.82, 2.24) is 5.43 Å². The highest BCUT2D eigenvalue weighted by Gasteiger charge is 2.38. The Morgan fingerprint density at radius 3 is 2.20 bits per heavy atom. The molecular formula is C8H7F3N2OS. The summed E-state index contributed by atoms with van der Waals surface area (Å²) in [5.74, 6) is -2.04. The van der Waals surface area contributed by atoms with Gasteiger partial charge in [-0.25, -0.2) is 0 Å². The van der Waals surface area contributed by atoms with E-state index in [1.54, 1.807) is 12.1 Å². The summed E-state index contributed by atoms with van der Waals surface area (Å²) in [6.07, 6.45) is -4.89. The lowest BCUT2D eigenvalue weighted by Gasteiger charge is -2.10. The van der Waals surface area contributed by atoms with Crippen LogP contribution in [-0.4, -0.2) is 12.1 Å². The smallest absolute Gasteiger partial charge is 0.298 e. The van der Waals surface area contributed by atoms with Crippen molar-refractivity contribution in [2.45, 2.75) is 11.1 Å². The number of anilines is 1. The van der Waals surface area contributed by atoms with Gasteiger partial charge < -0.3 is 0 Å². The number of rotatable bonds is 2. The fraction of sp³-hybridized carbons (Fsp3) is 0.125. The zero-order valence-electron chi connectivity index (χ0n) is 7.30. The van der Waals surface area contributed by atoms with Crippen LogP contribution < -0.4 is 10.9 Å². The van der Waals surface area contributed by atoms with Crippen LogP contribution in [0.4, 0.5) is 18.9 Å². The molecule has 82 valence electrons. The first-order chi connectivity index (χ1) is 6.89. The maximum atomic E-state index is 11.8. The monoisotopic (exact) mass is 236 g/mol. The van der Waals surface area contributed by atoms with Crippen molar-refractivity contribution < 1.29 is 18.0 Å². The number of thiol groups is 1. The average Bonchev–Trinajstić information content (AvgIpc) is 2.15. The third-order valence-electron chi connectivity index (χ3n) is 1.45. The molecule has 0 saturated carbocycles. The second-order valence-corrected chi connectivity index (χ2v) is 3.14. The van der Waals surface area contributed by atoms with Gasteiger partial charge in [0.15, 0.2) is 0 Å². The molecule has 1 aromatic rings. The molecule has 0 unspecified atom stereocenters. The molecule has 1 rings (SSSR count). The number of hydrogen-bond acceptors (Lipinski definition) is 3. The zero-order chi connectivity index (χ0) is 11.5. The van der Waals surface area contributed by atoms with Crippen molar-refractivity contribution in [2.75, 3.05) is 5.43 Å². The molecule has 0 spiro atoms. The van der Waals surface area contributed by atoms with E-state index in [2.05, 4.69) is 18.1 Å². The van der Waals surface area contributed by atoms with Crippen molar-refractivity contribution in [3.63, 3.8) is 0 Å². The Bertz CT molecular complexity index is 350. The molecule has 0 saturated heterocycles. The number of benzene rings is 1. The zero-order valence-corrected chi connectivity index (χ0v) is 8.19. The number of nitrogens with one attached hydrogen (secondary N) is 2. The van der Waals surface area contributed by atoms with Crippen LogP contribution in [0.1, 0.15) is 0 Å². The Balaban J connectivity index is 2.51. The van der Waals surface area contributed by atoms with E-state index < -0.39 is 12.1 Å². The summed E-state index contributed by atoms with van der Waals surface area (Å²) in [5, 5.41) is 0. The second-order valence-electron chi connectivity index (χ2n) is 2.62. The summed E-state index contributed by atoms with van der Waals surface area (Å²) in [4.78, 5) is 11.1. The van der Waals surface area contributed by atoms with Crippen LogP contribution in [0.3, 0.4) is 0 Å². The summed E-state index contributed by atoms with van der Waals surface area (Å²) in [7, 11) is 0. The topological polar surface area (TPSA) is 41.1 Å². The van der Waals surface area contributed by atoms with Gasteiger partial charge in [-0.15, -0.1) is 12.6 Å². The highest BCUT2D eigenvalue weighted by atomic mass is 32.1. The lowest BCUT2D eigenvalue weighted by molar-refractivity contribution is -0.173. The van der Waals surface area contributed by atoms with Crippen molar-refractivity contribution in [1.29, 1.82) is 0 Å². The molecule has 7 heteroatoms. The molecule has 0 aliphatic rings. The Morgan fingerprint density at radius 2 is 1.73 bits per heavy atom. The largest absolute Gasteiger partial charge is 0.472 e. The number of hydrogen-bond donors (Lipinski definition) is 3. The minimum absolute atomic E-state index is 0.338.